The molecule has 22 heavy (non-hydrogen) atoms. The summed E-state index contributed by atoms with van der Waals surface area (Å²) in [7, 11) is 0. The highest BCUT2D eigenvalue weighted by molar-refractivity contribution is 6.36. The number of aryl methyl sites for hydroxylation is 1. The molecule has 0 radical (unpaired) electrons. The standard InChI is InChI=1S/C8H9N3.C7H6ClN3/c1-5-3-2-4-6-7(5)8(9)11-10-6;8-4-2-1-3-5-6(4)7(9)11-10-5/h2-4H,1H3,(H3,9,10,11);1-3H,(H3,9,10,11). The zero-order valence-corrected chi connectivity index (χ0v) is 12.6. The number of nitrogens with two attached hydrogens (primary N) is 2. The summed E-state index contributed by atoms with van der Waals surface area (Å²) in [5.74, 6) is 1.03. The molecule has 6 N–H and O–H groups in total. The molecular formula is C15H15ClN6. The second kappa shape index (κ2) is 5.57. The summed E-state index contributed by atoms with van der Waals surface area (Å²) in [6, 6.07) is 11.5. The number of rotatable bonds is 0. The van der Waals surface area contributed by atoms with Gasteiger partial charge in [0.1, 0.15) is 0 Å². The Labute approximate surface area is 131 Å². The first-order valence-electron chi connectivity index (χ1n) is 6.65. The Hall–Kier alpha value is -2.73. The van der Waals surface area contributed by atoms with E-state index in [1.54, 1.807) is 6.07 Å². The molecule has 0 spiro atoms. The van der Waals surface area contributed by atoms with Crippen LogP contribution in [0.4, 0.5) is 11.6 Å². The predicted molar refractivity (Wildman–Crippen MR) is 90.8 cm³/mol. The first-order chi connectivity index (χ1) is 10.6. The number of aromatic amines is 2. The summed E-state index contributed by atoms with van der Waals surface area (Å²) < 4.78 is 0. The smallest absolute Gasteiger partial charge is 0.154 e. The van der Waals surface area contributed by atoms with Crippen LogP contribution in [0.15, 0.2) is 36.4 Å². The lowest BCUT2D eigenvalue weighted by Gasteiger charge is -1.93. The number of nitrogens with one attached hydrogen (secondary N) is 2. The average Bonchev–Trinajstić information content (AvgIpc) is 3.06. The predicted octanol–water partition coefficient (Wildman–Crippen LogP) is 3.25. The first kappa shape index (κ1) is 14.2. The first-order valence-corrected chi connectivity index (χ1v) is 7.03. The van der Waals surface area contributed by atoms with Crippen LogP contribution in [-0.2, 0) is 0 Å². The number of anilines is 2. The lowest BCUT2D eigenvalue weighted by atomic mass is 10.1. The van der Waals surface area contributed by atoms with Crippen molar-refractivity contribution in [1.82, 2.24) is 20.4 Å². The van der Waals surface area contributed by atoms with Crippen molar-refractivity contribution in [1.29, 1.82) is 0 Å². The minimum absolute atomic E-state index is 0.450. The van der Waals surface area contributed by atoms with E-state index in [1.165, 1.54) is 0 Å². The zero-order chi connectivity index (χ0) is 15.7. The SMILES string of the molecule is Cc1cccc2[nH]nc(N)c12.Nc1n[nH]c2cccc(Cl)c12. The van der Waals surface area contributed by atoms with Crippen LogP contribution in [0.5, 0.6) is 0 Å². The molecule has 0 saturated heterocycles. The Morgan fingerprint density at radius 1 is 0.864 bits per heavy atom. The van der Waals surface area contributed by atoms with Gasteiger partial charge in [0.25, 0.3) is 0 Å². The monoisotopic (exact) mass is 314 g/mol. The summed E-state index contributed by atoms with van der Waals surface area (Å²) in [5.41, 5.74) is 14.2. The molecule has 0 atom stereocenters. The topological polar surface area (TPSA) is 109 Å². The minimum Gasteiger partial charge on any atom is -0.382 e. The fraction of sp³-hybridized carbons (Fsp3) is 0.0667. The van der Waals surface area contributed by atoms with E-state index in [2.05, 4.69) is 20.4 Å². The summed E-state index contributed by atoms with van der Waals surface area (Å²) >= 11 is 5.86. The molecule has 0 aliphatic heterocycles. The number of hydrogen-bond acceptors (Lipinski definition) is 4. The van der Waals surface area contributed by atoms with Crippen molar-refractivity contribution in [2.45, 2.75) is 6.92 Å². The van der Waals surface area contributed by atoms with Gasteiger partial charge in [-0.25, -0.2) is 0 Å². The third-order valence-corrected chi connectivity index (χ3v) is 3.71. The highest BCUT2D eigenvalue weighted by Gasteiger charge is 2.04. The zero-order valence-electron chi connectivity index (χ0n) is 11.9. The van der Waals surface area contributed by atoms with Gasteiger partial charge in [-0.1, -0.05) is 29.8 Å². The van der Waals surface area contributed by atoms with Crippen molar-refractivity contribution in [3.8, 4) is 0 Å². The second-order valence-electron chi connectivity index (χ2n) is 4.88. The van der Waals surface area contributed by atoms with Gasteiger partial charge in [0, 0.05) is 5.39 Å². The summed E-state index contributed by atoms with van der Waals surface area (Å²) in [4.78, 5) is 0. The summed E-state index contributed by atoms with van der Waals surface area (Å²) in [6.07, 6.45) is 0. The van der Waals surface area contributed by atoms with Gasteiger partial charge in [-0.3, -0.25) is 10.2 Å². The largest absolute Gasteiger partial charge is 0.382 e. The Kier molecular flexibility index (Phi) is 3.60. The molecule has 0 bridgehead atoms. The van der Waals surface area contributed by atoms with Gasteiger partial charge in [-0.2, -0.15) is 10.2 Å². The maximum atomic E-state index is 5.86. The molecule has 2 heterocycles. The average molecular weight is 315 g/mol. The lowest BCUT2D eigenvalue weighted by molar-refractivity contribution is 1.13. The third-order valence-electron chi connectivity index (χ3n) is 3.39. The van der Waals surface area contributed by atoms with Crippen LogP contribution < -0.4 is 11.5 Å². The maximum absolute atomic E-state index is 5.86. The van der Waals surface area contributed by atoms with Gasteiger partial charge in [-0.15, -0.1) is 0 Å². The molecule has 4 rings (SSSR count). The molecular weight excluding hydrogens is 300 g/mol. The Bertz CT molecular complexity index is 862. The summed E-state index contributed by atoms with van der Waals surface area (Å²) in [5, 5.41) is 15.8. The van der Waals surface area contributed by atoms with E-state index in [0.29, 0.717) is 16.7 Å². The molecule has 0 aliphatic carbocycles. The van der Waals surface area contributed by atoms with Gasteiger partial charge in [0.2, 0.25) is 0 Å². The van der Waals surface area contributed by atoms with E-state index >= 15 is 0 Å². The normalized spacial score (nSPS) is 10.6. The fourth-order valence-electron chi connectivity index (χ4n) is 2.33. The molecule has 6 nitrogen and oxygen atoms in total. The van der Waals surface area contributed by atoms with E-state index in [-0.39, 0.29) is 0 Å². The number of nitrogens with zero attached hydrogens (tertiary/aromatic N) is 2. The van der Waals surface area contributed by atoms with Crippen LogP contribution in [-0.4, -0.2) is 20.4 Å². The van der Waals surface area contributed by atoms with Crippen LogP contribution >= 0.6 is 11.6 Å². The number of fused-ring (bicyclic) bond motifs is 2. The number of hydrogen-bond donors (Lipinski definition) is 4. The Balaban J connectivity index is 0.000000131. The Morgan fingerprint density at radius 2 is 1.41 bits per heavy atom. The van der Waals surface area contributed by atoms with Gasteiger partial charge in [0.05, 0.1) is 21.4 Å². The molecule has 0 unspecified atom stereocenters. The molecule has 2 aromatic heterocycles. The molecule has 0 fully saturated rings. The second-order valence-corrected chi connectivity index (χ2v) is 5.28. The number of benzene rings is 2. The van der Waals surface area contributed by atoms with E-state index in [4.69, 9.17) is 23.1 Å². The lowest BCUT2D eigenvalue weighted by Crippen LogP contribution is -1.85. The van der Waals surface area contributed by atoms with Crippen LogP contribution in [0.25, 0.3) is 21.8 Å². The van der Waals surface area contributed by atoms with Crippen LogP contribution in [0.1, 0.15) is 5.56 Å². The quantitative estimate of drug-likeness (QED) is 0.399. The van der Waals surface area contributed by atoms with Crippen molar-refractivity contribution in [3.63, 3.8) is 0 Å². The van der Waals surface area contributed by atoms with Gasteiger partial charge in [-0.05, 0) is 30.7 Å². The van der Waals surface area contributed by atoms with E-state index in [0.717, 1.165) is 27.4 Å². The van der Waals surface area contributed by atoms with Crippen LogP contribution in [0.2, 0.25) is 5.02 Å². The van der Waals surface area contributed by atoms with Crippen LogP contribution in [0.3, 0.4) is 0 Å². The van der Waals surface area contributed by atoms with Crippen molar-refractivity contribution in [2.75, 3.05) is 11.5 Å². The maximum Gasteiger partial charge on any atom is 0.154 e. The fourth-order valence-corrected chi connectivity index (χ4v) is 2.60. The molecule has 0 aliphatic rings. The molecule has 7 heteroatoms. The summed E-state index contributed by atoms with van der Waals surface area (Å²) in [6.45, 7) is 2.02. The molecule has 112 valence electrons. The molecule has 0 amide bonds. The molecule has 2 aromatic carbocycles. The minimum atomic E-state index is 0.450. The molecule has 0 saturated carbocycles. The van der Waals surface area contributed by atoms with Crippen molar-refractivity contribution < 1.29 is 0 Å². The number of nitrogen functional groups attached to an aromatic ring is 2. The number of halogens is 1. The van der Waals surface area contributed by atoms with E-state index < -0.39 is 0 Å². The van der Waals surface area contributed by atoms with Crippen molar-refractivity contribution in [2.24, 2.45) is 0 Å². The van der Waals surface area contributed by atoms with E-state index in [1.807, 2.05) is 37.3 Å². The third kappa shape index (κ3) is 2.44. The van der Waals surface area contributed by atoms with Crippen molar-refractivity contribution in [3.05, 3.63) is 47.0 Å². The van der Waals surface area contributed by atoms with Gasteiger partial charge in [0.15, 0.2) is 11.6 Å². The highest BCUT2D eigenvalue weighted by Crippen LogP contribution is 2.25. The molecule has 4 aromatic rings. The Morgan fingerprint density at radius 3 is 2.00 bits per heavy atom. The van der Waals surface area contributed by atoms with Gasteiger partial charge < -0.3 is 11.5 Å². The van der Waals surface area contributed by atoms with Crippen LogP contribution in [0, 0.1) is 6.92 Å². The van der Waals surface area contributed by atoms with E-state index in [9.17, 15) is 0 Å². The number of H-pyrrole nitrogens is 2. The van der Waals surface area contributed by atoms with Crippen molar-refractivity contribution >= 4 is 45.0 Å². The highest BCUT2D eigenvalue weighted by atomic mass is 35.5. The number of aromatic nitrogens is 4. The van der Waals surface area contributed by atoms with Gasteiger partial charge >= 0.3 is 0 Å².